The molecule has 1 saturated carbocycles. The molecule has 1 aromatic rings. The quantitative estimate of drug-likeness (QED) is 0.684. The Morgan fingerprint density at radius 3 is 2.96 bits per heavy atom. The molecule has 0 radical (unpaired) electrons. The number of amides is 1. The van der Waals surface area contributed by atoms with Gasteiger partial charge in [0, 0.05) is 23.3 Å². The Bertz CT molecular complexity index is 834. The fraction of sp³-hybridized carbons (Fsp3) is 0.571. The maximum Gasteiger partial charge on any atom is 0.229 e. The third kappa shape index (κ3) is 1.33. The molecule has 1 amide bonds. The predicted molar refractivity (Wildman–Crippen MR) is 89.6 cm³/mol. The van der Waals surface area contributed by atoms with Crippen LogP contribution in [0.3, 0.4) is 0 Å². The number of ether oxygens (including phenoxy) is 2. The summed E-state index contributed by atoms with van der Waals surface area (Å²) >= 11 is 0. The molecule has 128 valence electrons. The Morgan fingerprint density at radius 1 is 1.12 bits per heavy atom. The summed E-state index contributed by atoms with van der Waals surface area (Å²) in [6, 6.07) is 8.87. The van der Waals surface area contributed by atoms with E-state index in [2.05, 4.69) is 41.3 Å². The van der Waals surface area contributed by atoms with Crippen molar-refractivity contribution in [1.82, 2.24) is 4.90 Å². The normalized spacial score (nSPS) is 50.6. The van der Waals surface area contributed by atoms with E-state index in [0.29, 0.717) is 24.3 Å². The van der Waals surface area contributed by atoms with Crippen LogP contribution in [0.25, 0.3) is 0 Å². The Labute approximate surface area is 146 Å². The molecule has 7 rings (SSSR count). The molecule has 4 heterocycles. The van der Waals surface area contributed by atoms with E-state index in [-0.39, 0.29) is 30.1 Å². The molecule has 0 aromatic heterocycles. The average molecular weight is 335 g/mol. The second kappa shape index (κ2) is 4.18. The summed E-state index contributed by atoms with van der Waals surface area (Å²) in [7, 11) is 0. The minimum absolute atomic E-state index is 0.0461. The molecule has 0 N–H and O–H groups in total. The lowest BCUT2D eigenvalue weighted by molar-refractivity contribution is -0.237. The van der Waals surface area contributed by atoms with Gasteiger partial charge in [-0.15, -0.1) is 0 Å². The number of hydrogen-bond donors (Lipinski definition) is 0. The van der Waals surface area contributed by atoms with E-state index >= 15 is 0 Å². The van der Waals surface area contributed by atoms with Crippen LogP contribution in [0.5, 0.6) is 0 Å². The summed E-state index contributed by atoms with van der Waals surface area (Å²) in [5.74, 6) is 1.63. The third-order valence-electron chi connectivity index (χ3n) is 7.85. The first kappa shape index (κ1) is 13.5. The molecule has 3 saturated heterocycles. The number of hydrogen-bond acceptors (Lipinski definition) is 3. The number of fused-ring (bicyclic) bond motifs is 9. The van der Waals surface area contributed by atoms with E-state index in [1.54, 1.807) is 0 Å². The average Bonchev–Trinajstić information content (AvgIpc) is 3.34. The standard InChI is InChI=1S/C21H21NO3/c23-20-13-6-5-11-9-16(13)21(15-4-2-1-3-12(11)15)22(20)19-14(10-24-21)17-7-8-18(19)25-17/h1-4,7-8,11,13-14,16-19H,5-6,9-10H2/t11-,13+,14-,16-,17-,18+,19-,21+/m1/s1. The fourth-order valence-corrected chi connectivity index (χ4v) is 6.96. The second-order valence-corrected chi connectivity index (χ2v) is 8.63. The van der Waals surface area contributed by atoms with Crippen molar-refractivity contribution in [2.24, 2.45) is 17.8 Å². The second-order valence-electron chi connectivity index (χ2n) is 8.63. The van der Waals surface area contributed by atoms with Crippen molar-refractivity contribution < 1.29 is 14.3 Å². The first-order chi connectivity index (χ1) is 12.3. The van der Waals surface area contributed by atoms with Gasteiger partial charge in [0.05, 0.1) is 24.9 Å². The first-order valence-corrected chi connectivity index (χ1v) is 9.69. The molecule has 1 spiro atoms. The van der Waals surface area contributed by atoms with Gasteiger partial charge in [-0.2, -0.15) is 0 Å². The van der Waals surface area contributed by atoms with Crippen molar-refractivity contribution >= 4 is 5.91 Å². The Hall–Kier alpha value is -1.65. The lowest BCUT2D eigenvalue weighted by Crippen LogP contribution is -2.64. The van der Waals surface area contributed by atoms with Gasteiger partial charge in [0.1, 0.15) is 0 Å². The van der Waals surface area contributed by atoms with Gasteiger partial charge in [0.2, 0.25) is 5.91 Å². The Morgan fingerprint density at radius 2 is 2.00 bits per heavy atom. The van der Waals surface area contributed by atoms with Gasteiger partial charge in [-0.05, 0) is 30.7 Å². The highest BCUT2D eigenvalue weighted by Crippen LogP contribution is 2.64. The zero-order valence-electron chi connectivity index (χ0n) is 14.0. The largest absolute Gasteiger partial charge is 0.364 e. The monoisotopic (exact) mass is 335 g/mol. The summed E-state index contributed by atoms with van der Waals surface area (Å²) in [5.41, 5.74) is 2.13. The Kier molecular flexibility index (Phi) is 2.27. The van der Waals surface area contributed by atoms with Crippen LogP contribution in [-0.2, 0) is 20.0 Å². The molecule has 4 bridgehead atoms. The molecular weight excluding hydrogens is 314 g/mol. The van der Waals surface area contributed by atoms with E-state index in [1.807, 2.05) is 0 Å². The van der Waals surface area contributed by atoms with Crippen LogP contribution in [0.2, 0.25) is 0 Å². The zero-order valence-corrected chi connectivity index (χ0v) is 14.0. The van der Waals surface area contributed by atoms with Crippen molar-refractivity contribution in [2.75, 3.05) is 6.61 Å². The van der Waals surface area contributed by atoms with Gasteiger partial charge >= 0.3 is 0 Å². The van der Waals surface area contributed by atoms with Crippen molar-refractivity contribution in [3.8, 4) is 0 Å². The van der Waals surface area contributed by atoms with Gasteiger partial charge < -0.3 is 14.4 Å². The molecule has 8 atom stereocenters. The van der Waals surface area contributed by atoms with Crippen LogP contribution in [0.4, 0.5) is 0 Å². The lowest BCUT2D eigenvalue weighted by atomic mass is 9.62. The van der Waals surface area contributed by atoms with E-state index in [9.17, 15) is 4.79 Å². The molecule has 6 aliphatic rings. The molecular formula is C21H21NO3. The summed E-state index contributed by atoms with van der Waals surface area (Å²) < 4.78 is 12.8. The van der Waals surface area contributed by atoms with Gasteiger partial charge in [-0.25, -0.2) is 0 Å². The minimum Gasteiger partial charge on any atom is -0.364 e. The smallest absolute Gasteiger partial charge is 0.229 e. The van der Waals surface area contributed by atoms with Crippen LogP contribution in [0.15, 0.2) is 36.4 Å². The summed E-state index contributed by atoms with van der Waals surface area (Å²) in [6.07, 6.45) is 7.71. The highest BCUT2D eigenvalue weighted by atomic mass is 16.5. The maximum absolute atomic E-state index is 13.6. The highest BCUT2D eigenvalue weighted by molar-refractivity contribution is 5.84. The third-order valence-corrected chi connectivity index (χ3v) is 7.85. The van der Waals surface area contributed by atoms with E-state index < -0.39 is 5.72 Å². The van der Waals surface area contributed by atoms with Crippen LogP contribution >= 0.6 is 0 Å². The van der Waals surface area contributed by atoms with Crippen LogP contribution in [0.1, 0.15) is 36.3 Å². The van der Waals surface area contributed by atoms with Crippen LogP contribution in [-0.4, -0.2) is 35.7 Å². The lowest BCUT2D eigenvalue weighted by Gasteiger charge is -2.55. The Balaban J connectivity index is 1.49. The molecule has 4 nitrogen and oxygen atoms in total. The first-order valence-electron chi connectivity index (χ1n) is 9.69. The van der Waals surface area contributed by atoms with Gasteiger partial charge in [-0.3, -0.25) is 4.79 Å². The topological polar surface area (TPSA) is 38.8 Å². The molecule has 0 unspecified atom stereocenters. The van der Waals surface area contributed by atoms with Gasteiger partial charge in [-0.1, -0.05) is 36.4 Å². The molecule has 4 fully saturated rings. The molecule has 1 aromatic carbocycles. The molecule has 2 aliphatic carbocycles. The fourth-order valence-electron chi connectivity index (χ4n) is 6.96. The number of nitrogens with zero attached hydrogens (tertiary/aromatic N) is 1. The minimum atomic E-state index is -0.544. The summed E-state index contributed by atoms with van der Waals surface area (Å²) in [4.78, 5) is 15.7. The van der Waals surface area contributed by atoms with E-state index in [0.717, 1.165) is 19.3 Å². The summed E-state index contributed by atoms with van der Waals surface area (Å²) in [5, 5.41) is 0. The highest BCUT2D eigenvalue weighted by Gasteiger charge is 2.71. The predicted octanol–water partition coefficient (Wildman–Crippen LogP) is 2.55. The maximum atomic E-state index is 13.6. The number of rotatable bonds is 0. The number of carbonyl (C=O) groups is 1. The number of benzene rings is 1. The van der Waals surface area contributed by atoms with Crippen LogP contribution in [0, 0.1) is 17.8 Å². The van der Waals surface area contributed by atoms with Crippen LogP contribution < -0.4 is 0 Å². The van der Waals surface area contributed by atoms with Crippen molar-refractivity contribution in [3.63, 3.8) is 0 Å². The molecule has 25 heavy (non-hydrogen) atoms. The van der Waals surface area contributed by atoms with Crippen molar-refractivity contribution in [1.29, 1.82) is 0 Å². The SMILES string of the molecule is O=C1[C@H]2CC[C@@H]3C[C@H]2[C@@]2(OC[C@H]4[C@H]([C@@H]5C=C[C@H]4O5)N12)c1ccccc13. The van der Waals surface area contributed by atoms with E-state index in [1.165, 1.54) is 11.1 Å². The molecule has 4 aliphatic heterocycles. The van der Waals surface area contributed by atoms with Crippen molar-refractivity contribution in [2.45, 2.75) is 49.2 Å². The summed E-state index contributed by atoms with van der Waals surface area (Å²) in [6.45, 7) is 0.697. The van der Waals surface area contributed by atoms with Gasteiger partial charge in [0.15, 0.2) is 5.72 Å². The number of carbonyl (C=O) groups excluding carboxylic acids is 1. The molecule has 4 heteroatoms. The van der Waals surface area contributed by atoms with Gasteiger partial charge in [0.25, 0.3) is 0 Å². The van der Waals surface area contributed by atoms with Crippen molar-refractivity contribution in [3.05, 3.63) is 47.5 Å². The van der Waals surface area contributed by atoms with E-state index in [4.69, 9.17) is 9.47 Å². The zero-order chi connectivity index (χ0) is 16.3.